The van der Waals surface area contributed by atoms with E-state index in [1.807, 2.05) is 0 Å². The van der Waals surface area contributed by atoms with Crippen LogP contribution in [0.3, 0.4) is 0 Å². The summed E-state index contributed by atoms with van der Waals surface area (Å²) in [4.78, 5) is 0.199. The minimum Gasteiger partial charge on any atom is -0.270 e. The first-order valence-corrected chi connectivity index (χ1v) is 5.79. The number of hydrogen-bond acceptors (Lipinski definition) is 3. The Hall–Kier alpha value is -0.870. The van der Waals surface area contributed by atoms with Gasteiger partial charge in [0, 0.05) is 0 Å². The highest BCUT2D eigenvalue weighted by Gasteiger charge is 2.12. The first kappa shape index (κ1) is 11.2. The molecule has 0 N–H and O–H groups in total. The van der Waals surface area contributed by atoms with Crippen molar-refractivity contribution < 1.29 is 12.6 Å². The number of hydrogen-bond donors (Lipinski definition) is 0. The van der Waals surface area contributed by atoms with E-state index < -0.39 is 10.1 Å². The topological polar surface area (TPSA) is 43.4 Å². The van der Waals surface area contributed by atoms with E-state index in [1.165, 1.54) is 0 Å². The van der Waals surface area contributed by atoms with Crippen LogP contribution >= 0.6 is 0 Å². The lowest BCUT2D eigenvalue weighted by Gasteiger charge is -2.06. The summed E-state index contributed by atoms with van der Waals surface area (Å²) in [7, 11) is -2.38. The number of benzene rings is 1. The molecule has 0 bridgehead atoms. The Balaban J connectivity index is 3.06. The minimum absolute atomic E-state index is 0.199. The molecule has 0 aliphatic heterocycles. The maximum atomic E-state index is 11.3. The van der Waals surface area contributed by atoms with E-state index in [0.717, 1.165) is 12.7 Å². The first-order valence-electron chi connectivity index (χ1n) is 4.38. The standard InChI is InChI=1S/C10H14O3S/c1-8(2)9-4-6-10(7-5-9)14(11,12)13-3/h4-8H,1-3H3. The van der Waals surface area contributed by atoms with Crippen molar-refractivity contribution in [2.24, 2.45) is 0 Å². The summed E-state index contributed by atoms with van der Waals surface area (Å²) in [6.45, 7) is 4.11. The van der Waals surface area contributed by atoms with E-state index in [9.17, 15) is 8.42 Å². The van der Waals surface area contributed by atoms with Gasteiger partial charge in [-0.1, -0.05) is 26.0 Å². The van der Waals surface area contributed by atoms with Crippen molar-refractivity contribution in [2.45, 2.75) is 24.7 Å². The predicted molar refractivity (Wildman–Crippen MR) is 54.7 cm³/mol. The highest BCUT2D eigenvalue weighted by molar-refractivity contribution is 7.86. The van der Waals surface area contributed by atoms with Gasteiger partial charge in [-0.3, -0.25) is 4.18 Å². The molecule has 1 rings (SSSR count). The van der Waals surface area contributed by atoms with Crippen LogP contribution in [0.15, 0.2) is 29.2 Å². The van der Waals surface area contributed by atoms with Crippen molar-refractivity contribution in [1.82, 2.24) is 0 Å². The Morgan fingerprint density at radius 2 is 1.64 bits per heavy atom. The Kier molecular flexibility index (Phi) is 3.29. The van der Waals surface area contributed by atoms with Crippen LogP contribution in [-0.2, 0) is 14.3 Å². The summed E-state index contributed by atoms with van der Waals surface area (Å²) >= 11 is 0. The second-order valence-corrected chi connectivity index (χ2v) is 5.06. The third-order valence-electron chi connectivity index (χ3n) is 2.05. The fourth-order valence-corrected chi connectivity index (χ4v) is 1.78. The largest absolute Gasteiger partial charge is 0.296 e. The fourth-order valence-electron chi connectivity index (χ4n) is 1.12. The second kappa shape index (κ2) is 4.11. The Morgan fingerprint density at radius 3 is 2.00 bits per heavy atom. The molecule has 0 aliphatic carbocycles. The van der Waals surface area contributed by atoms with Gasteiger partial charge in [-0.2, -0.15) is 8.42 Å². The van der Waals surface area contributed by atoms with Crippen LogP contribution in [0.25, 0.3) is 0 Å². The molecule has 78 valence electrons. The summed E-state index contributed by atoms with van der Waals surface area (Å²) in [5, 5.41) is 0. The maximum Gasteiger partial charge on any atom is 0.296 e. The minimum atomic E-state index is -3.54. The molecule has 4 heteroatoms. The molecule has 1 aromatic carbocycles. The molecule has 0 amide bonds. The van der Waals surface area contributed by atoms with Gasteiger partial charge in [0.05, 0.1) is 12.0 Å². The van der Waals surface area contributed by atoms with Gasteiger partial charge in [0.1, 0.15) is 0 Å². The molecular formula is C10H14O3S. The molecule has 0 saturated heterocycles. The number of rotatable bonds is 3. The van der Waals surface area contributed by atoms with Crippen molar-refractivity contribution in [3.8, 4) is 0 Å². The zero-order chi connectivity index (χ0) is 10.8. The van der Waals surface area contributed by atoms with Crippen LogP contribution in [0.5, 0.6) is 0 Å². The Bertz CT molecular complexity index is 390. The molecule has 0 atom stereocenters. The van der Waals surface area contributed by atoms with Crippen LogP contribution in [-0.4, -0.2) is 15.5 Å². The molecule has 0 radical (unpaired) electrons. The highest BCUT2D eigenvalue weighted by atomic mass is 32.2. The fraction of sp³-hybridized carbons (Fsp3) is 0.400. The summed E-state index contributed by atoms with van der Waals surface area (Å²) in [5.41, 5.74) is 1.11. The monoisotopic (exact) mass is 214 g/mol. The molecular weight excluding hydrogens is 200 g/mol. The van der Waals surface area contributed by atoms with Gasteiger partial charge in [-0.15, -0.1) is 0 Å². The van der Waals surface area contributed by atoms with E-state index in [4.69, 9.17) is 0 Å². The third kappa shape index (κ3) is 2.33. The van der Waals surface area contributed by atoms with Crippen molar-refractivity contribution in [2.75, 3.05) is 7.11 Å². The van der Waals surface area contributed by atoms with Crippen molar-refractivity contribution >= 4 is 10.1 Å². The van der Waals surface area contributed by atoms with Gasteiger partial charge in [0.25, 0.3) is 10.1 Å². The molecule has 0 saturated carbocycles. The lowest BCUT2D eigenvalue weighted by atomic mass is 10.0. The van der Waals surface area contributed by atoms with Crippen LogP contribution in [0.4, 0.5) is 0 Å². The molecule has 0 aliphatic rings. The van der Waals surface area contributed by atoms with Crippen LogP contribution in [0.1, 0.15) is 25.3 Å². The van der Waals surface area contributed by atoms with Crippen LogP contribution in [0.2, 0.25) is 0 Å². The third-order valence-corrected chi connectivity index (χ3v) is 3.34. The Labute approximate surface area is 84.8 Å². The summed E-state index contributed by atoms with van der Waals surface area (Å²) in [6, 6.07) is 6.73. The predicted octanol–water partition coefficient (Wildman–Crippen LogP) is 2.15. The molecule has 0 aromatic heterocycles. The summed E-state index contributed by atoms with van der Waals surface area (Å²) < 4.78 is 26.9. The van der Waals surface area contributed by atoms with E-state index in [-0.39, 0.29) is 4.90 Å². The second-order valence-electron chi connectivity index (χ2n) is 3.34. The average molecular weight is 214 g/mol. The maximum absolute atomic E-state index is 11.3. The zero-order valence-electron chi connectivity index (χ0n) is 8.52. The first-order chi connectivity index (χ1) is 6.47. The van der Waals surface area contributed by atoms with Gasteiger partial charge in [-0.25, -0.2) is 0 Å². The lowest BCUT2D eigenvalue weighted by molar-refractivity contribution is 0.397. The average Bonchev–Trinajstić information content (AvgIpc) is 2.18. The molecule has 0 spiro atoms. The Morgan fingerprint density at radius 1 is 1.14 bits per heavy atom. The lowest BCUT2D eigenvalue weighted by Crippen LogP contribution is -2.02. The van der Waals surface area contributed by atoms with Gasteiger partial charge in [-0.05, 0) is 23.6 Å². The molecule has 14 heavy (non-hydrogen) atoms. The molecule has 0 heterocycles. The van der Waals surface area contributed by atoms with Crippen molar-refractivity contribution in [1.29, 1.82) is 0 Å². The van der Waals surface area contributed by atoms with E-state index in [2.05, 4.69) is 18.0 Å². The SMILES string of the molecule is COS(=O)(=O)c1ccc(C(C)C)cc1. The zero-order valence-corrected chi connectivity index (χ0v) is 9.34. The van der Waals surface area contributed by atoms with Gasteiger partial charge < -0.3 is 0 Å². The van der Waals surface area contributed by atoms with Crippen LogP contribution < -0.4 is 0 Å². The van der Waals surface area contributed by atoms with Crippen molar-refractivity contribution in [3.05, 3.63) is 29.8 Å². The molecule has 3 nitrogen and oxygen atoms in total. The smallest absolute Gasteiger partial charge is 0.270 e. The van der Waals surface area contributed by atoms with E-state index >= 15 is 0 Å². The van der Waals surface area contributed by atoms with Gasteiger partial charge >= 0.3 is 0 Å². The van der Waals surface area contributed by atoms with Gasteiger partial charge in [0.2, 0.25) is 0 Å². The summed E-state index contributed by atoms with van der Waals surface area (Å²) in [6.07, 6.45) is 0. The van der Waals surface area contributed by atoms with Crippen molar-refractivity contribution in [3.63, 3.8) is 0 Å². The molecule has 1 aromatic rings. The highest BCUT2D eigenvalue weighted by Crippen LogP contribution is 2.17. The normalized spacial score (nSPS) is 12.0. The quantitative estimate of drug-likeness (QED) is 0.724. The van der Waals surface area contributed by atoms with E-state index in [0.29, 0.717) is 5.92 Å². The van der Waals surface area contributed by atoms with Crippen LogP contribution in [0, 0.1) is 0 Å². The van der Waals surface area contributed by atoms with Gasteiger partial charge in [0.15, 0.2) is 0 Å². The molecule has 0 unspecified atom stereocenters. The summed E-state index contributed by atoms with van der Waals surface area (Å²) in [5.74, 6) is 0.397. The molecule has 0 fully saturated rings. The van der Waals surface area contributed by atoms with E-state index in [1.54, 1.807) is 24.3 Å².